The van der Waals surface area contributed by atoms with Crippen molar-refractivity contribution in [3.63, 3.8) is 0 Å². The Balaban J connectivity index is 1.28. The first-order valence-electron chi connectivity index (χ1n) is 12.7. The fourth-order valence-corrected chi connectivity index (χ4v) is 4.50. The SMILES string of the molecule is Nc1nccc2ccc(NNC(=O)C(O)C(NC(=O)c3ccc(N4CCOCC4)cc3)c3ccccc3)cc12. The molecule has 1 saturated heterocycles. The number of fused-ring (bicyclic) bond motifs is 1. The van der Waals surface area contributed by atoms with E-state index in [0.29, 0.717) is 35.8 Å². The molecular formula is C29H30N6O4. The maximum absolute atomic E-state index is 13.2. The van der Waals surface area contributed by atoms with Gasteiger partial charge in [-0.15, -0.1) is 0 Å². The molecule has 10 nitrogen and oxygen atoms in total. The number of nitrogen functional groups attached to an aromatic ring is 1. The summed E-state index contributed by atoms with van der Waals surface area (Å²) in [6.45, 7) is 2.92. The molecule has 1 aliphatic heterocycles. The van der Waals surface area contributed by atoms with Crippen LogP contribution in [0.2, 0.25) is 0 Å². The summed E-state index contributed by atoms with van der Waals surface area (Å²) >= 11 is 0. The average molecular weight is 527 g/mol. The van der Waals surface area contributed by atoms with E-state index in [4.69, 9.17) is 10.5 Å². The van der Waals surface area contributed by atoms with Crippen LogP contribution in [0.4, 0.5) is 17.2 Å². The van der Waals surface area contributed by atoms with Crippen molar-refractivity contribution in [2.24, 2.45) is 0 Å². The van der Waals surface area contributed by atoms with Gasteiger partial charge in [-0.2, -0.15) is 0 Å². The second-order valence-electron chi connectivity index (χ2n) is 9.20. The van der Waals surface area contributed by atoms with Gasteiger partial charge in [0.15, 0.2) is 6.10 Å². The van der Waals surface area contributed by atoms with Gasteiger partial charge in [-0.05, 0) is 53.4 Å². The van der Waals surface area contributed by atoms with Gasteiger partial charge >= 0.3 is 0 Å². The van der Waals surface area contributed by atoms with Crippen LogP contribution in [-0.2, 0) is 9.53 Å². The maximum Gasteiger partial charge on any atom is 0.269 e. The molecule has 1 aliphatic rings. The van der Waals surface area contributed by atoms with Crippen LogP contribution in [0.5, 0.6) is 0 Å². The Morgan fingerprint density at radius 3 is 2.46 bits per heavy atom. The molecule has 0 spiro atoms. The molecule has 2 amide bonds. The highest BCUT2D eigenvalue weighted by molar-refractivity contribution is 5.96. The summed E-state index contributed by atoms with van der Waals surface area (Å²) in [6, 6.07) is 22.3. The fourth-order valence-electron chi connectivity index (χ4n) is 4.50. The molecule has 4 aromatic rings. The Morgan fingerprint density at radius 1 is 0.974 bits per heavy atom. The van der Waals surface area contributed by atoms with Crippen LogP contribution in [0.15, 0.2) is 85.1 Å². The zero-order chi connectivity index (χ0) is 27.2. The number of nitrogens with zero attached hydrogens (tertiary/aromatic N) is 2. The minimum Gasteiger partial charge on any atom is -0.383 e. The number of aromatic nitrogens is 1. The third kappa shape index (κ3) is 6.08. The van der Waals surface area contributed by atoms with Gasteiger partial charge in [0.25, 0.3) is 11.8 Å². The molecule has 3 aromatic carbocycles. The van der Waals surface area contributed by atoms with E-state index in [2.05, 4.69) is 26.1 Å². The summed E-state index contributed by atoms with van der Waals surface area (Å²) in [7, 11) is 0. The minimum atomic E-state index is -1.58. The molecule has 0 bridgehead atoms. The maximum atomic E-state index is 13.2. The molecule has 1 fully saturated rings. The third-order valence-corrected chi connectivity index (χ3v) is 6.66. The number of benzene rings is 3. The van der Waals surface area contributed by atoms with Gasteiger partial charge in [-0.1, -0.05) is 36.4 Å². The normalized spacial score (nSPS) is 14.8. The molecule has 2 heterocycles. The molecule has 0 saturated carbocycles. The topological polar surface area (TPSA) is 142 Å². The van der Waals surface area contributed by atoms with Crippen LogP contribution in [0.3, 0.4) is 0 Å². The van der Waals surface area contributed by atoms with Crippen molar-refractivity contribution < 1.29 is 19.4 Å². The zero-order valence-electron chi connectivity index (χ0n) is 21.2. The lowest BCUT2D eigenvalue weighted by Gasteiger charge is -2.29. The Bertz CT molecular complexity index is 1440. The number of hydrazine groups is 1. The smallest absolute Gasteiger partial charge is 0.269 e. The van der Waals surface area contributed by atoms with Gasteiger partial charge in [0, 0.05) is 35.9 Å². The van der Waals surface area contributed by atoms with E-state index in [1.165, 1.54) is 0 Å². The summed E-state index contributed by atoms with van der Waals surface area (Å²) in [5.74, 6) is -0.756. The first-order valence-corrected chi connectivity index (χ1v) is 12.7. The number of nitrogens with two attached hydrogens (primary N) is 1. The highest BCUT2D eigenvalue weighted by Gasteiger charge is 2.29. The highest BCUT2D eigenvalue weighted by atomic mass is 16.5. The lowest BCUT2D eigenvalue weighted by Crippen LogP contribution is -2.46. The minimum absolute atomic E-state index is 0.368. The molecule has 6 N–H and O–H groups in total. The number of ether oxygens (including phenoxy) is 1. The lowest BCUT2D eigenvalue weighted by atomic mass is 10.00. The number of carbonyl (C=O) groups is 2. The highest BCUT2D eigenvalue weighted by Crippen LogP contribution is 2.23. The molecule has 0 aliphatic carbocycles. The van der Waals surface area contributed by atoms with Crippen LogP contribution in [0.1, 0.15) is 22.0 Å². The van der Waals surface area contributed by atoms with Crippen molar-refractivity contribution in [1.82, 2.24) is 15.7 Å². The second kappa shape index (κ2) is 11.8. The number of carbonyl (C=O) groups excluding carboxylic acids is 2. The van der Waals surface area contributed by atoms with Crippen molar-refractivity contribution in [3.05, 3.63) is 96.2 Å². The lowest BCUT2D eigenvalue weighted by molar-refractivity contribution is -0.130. The van der Waals surface area contributed by atoms with E-state index in [9.17, 15) is 14.7 Å². The molecule has 2 unspecified atom stereocenters. The van der Waals surface area contributed by atoms with Crippen LogP contribution < -0.4 is 26.8 Å². The molecule has 10 heteroatoms. The molecule has 0 radical (unpaired) electrons. The van der Waals surface area contributed by atoms with Gasteiger partial charge in [-0.3, -0.25) is 20.4 Å². The quantitative estimate of drug-likeness (QED) is 0.221. The van der Waals surface area contributed by atoms with Crippen molar-refractivity contribution in [2.45, 2.75) is 12.1 Å². The van der Waals surface area contributed by atoms with Gasteiger partial charge in [-0.25, -0.2) is 4.98 Å². The van der Waals surface area contributed by atoms with Crippen LogP contribution >= 0.6 is 0 Å². The number of hydrogen-bond donors (Lipinski definition) is 5. The Kier molecular flexibility index (Phi) is 7.86. The van der Waals surface area contributed by atoms with E-state index in [0.717, 1.165) is 29.5 Å². The predicted octanol–water partition coefficient (Wildman–Crippen LogP) is 2.63. The number of hydrogen-bond acceptors (Lipinski definition) is 8. The Hall–Kier alpha value is -4.67. The number of anilines is 3. The first kappa shape index (κ1) is 26.0. The van der Waals surface area contributed by atoms with Crippen molar-refractivity contribution in [3.8, 4) is 0 Å². The van der Waals surface area contributed by atoms with Crippen LogP contribution in [-0.4, -0.2) is 54.3 Å². The number of morpholine rings is 1. The van der Waals surface area contributed by atoms with E-state index >= 15 is 0 Å². The average Bonchev–Trinajstić information content (AvgIpc) is 2.99. The standard InChI is InChI=1S/C29H30N6O4/c30-27-24-18-22(9-6-19(24)12-13-31-27)33-34-29(38)26(36)25(20-4-2-1-3-5-20)32-28(37)21-7-10-23(11-8-21)35-14-16-39-17-15-35/h1-13,18,25-26,33,36H,14-17H2,(H2,30,31)(H,32,37)(H,34,38). The van der Waals surface area contributed by atoms with Gasteiger partial charge in [0.1, 0.15) is 5.82 Å². The molecular weight excluding hydrogens is 496 g/mol. The third-order valence-electron chi connectivity index (χ3n) is 6.66. The molecule has 2 atom stereocenters. The number of nitrogens with one attached hydrogen (secondary N) is 3. The number of aliphatic hydroxyl groups is 1. The van der Waals surface area contributed by atoms with Crippen molar-refractivity contribution >= 4 is 39.8 Å². The first-order chi connectivity index (χ1) is 19.0. The number of aliphatic hydroxyl groups excluding tert-OH is 1. The van der Waals surface area contributed by atoms with Crippen molar-refractivity contribution in [2.75, 3.05) is 42.4 Å². The van der Waals surface area contributed by atoms with Gasteiger partial charge in [0.05, 0.1) is 24.9 Å². The number of rotatable bonds is 8. The summed E-state index contributed by atoms with van der Waals surface area (Å²) in [6.07, 6.45) is 0.0445. The van der Waals surface area contributed by atoms with Crippen LogP contribution in [0, 0.1) is 0 Å². The van der Waals surface area contributed by atoms with E-state index in [1.807, 2.05) is 30.3 Å². The van der Waals surface area contributed by atoms with E-state index in [-0.39, 0.29) is 0 Å². The summed E-state index contributed by atoms with van der Waals surface area (Å²) in [4.78, 5) is 32.4. The Morgan fingerprint density at radius 2 is 1.72 bits per heavy atom. The summed E-state index contributed by atoms with van der Waals surface area (Å²) < 4.78 is 5.40. The van der Waals surface area contributed by atoms with Gasteiger partial charge in [0.2, 0.25) is 0 Å². The Labute approximate surface area is 225 Å². The zero-order valence-corrected chi connectivity index (χ0v) is 21.2. The molecule has 39 heavy (non-hydrogen) atoms. The largest absolute Gasteiger partial charge is 0.383 e. The molecule has 5 rings (SSSR count). The second-order valence-corrected chi connectivity index (χ2v) is 9.20. The number of amides is 2. The van der Waals surface area contributed by atoms with Crippen LogP contribution in [0.25, 0.3) is 10.8 Å². The summed E-state index contributed by atoms with van der Waals surface area (Å²) in [5, 5.41) is 15.5. The van der Waals surface area contributed by atoms with Crippen molar-refractivity contribution in [1.29, 1.82) is 0 Å². The van der Waals surface area contributed by atoms with E-state index < -0.39 is 24.0 Å². The summed E-state index contributed by atoms with van der Waals surface area (Å²) in [5.41, 5.74) is 13.9. The van der Waals surface area contributed by atoms with Gasteiger partial charge < -0.3 is 25.8 Å². The molecule has 200 valence electrons. The monoisotopic (exact) mass is 526 g/mol. The predicted molar refractivity (Wildman–Crippen MR) is 150 cm³/mol. The molecule has 1 aromatic heterocycles. The van der Waals surface area contributed by atoms with E-state index in [1.54, 1.807) is 54.7 Å². The fraction of sp³-hybridized carbons (Fsp3) is 0.207. The number of pyridine rings is 1.